The molecule has 0 spiro atoms. The first-order chi connectivity index (χ1) is 11.0. The van der Waals surface area contributed by atoms with Gasteiger partial charge in [-0.25, -0.2) is 19.3 Å². The van der Waals surface area contributed by atoms with Gasteiger partial charge in [0.15, 0.2) is 5.82 Å². The van der Waals surface area contributed by atoms with Crippen molar-refractivity contribution < 1.29 is 4.39 Å². The molecule has 0 saturated carbocycles. The highest BCUT2D eigenvalue weighted by Gasteiger charge is 2.21. The van der Waals surface area contributed by atoms with Crippen molar-refractivity contribution in [3.05, 3.63) is 30.0 Å². The summed E-state index contributed by atoms with van der Waals surface area (Å²) in [7, 11) is 3.87. The number of hydrogen-bond donors (Lipinski definition) is 0. The quantitative estimate of drug-likeness (QED) is 0.840. The Kier molecular flexibility index (Phi) is 4.22. The first-order valence-electron chi connectivity index (χ1n) is 7.53. The van der Waals surface area contributed by atoms with Gasteiger partial charge in [0.25, 0.3) is 0 Å². The summed E-state index contributed by atoms with van der Waals surface area (Å²) in [5.74, 6) is 1.80. The molecule has 1 aliphatic rings. The SMILES string of the molecule is Cc1cc(N2CCN(c3ncc(F)cn3)CC2)nc(N(C)C)n1. The van der Waals surface area contributed by atoms with E-state index >= 15 is 0 Å². The fourth-order valence-electron chi connectivity index (χ4n) is 2.50. The highest BCUT2D eigenvalue weighted by molar-refractivity contribution is 5.47. The van der Waals surface area contributed by atoms with Gasteiger partial charge in [-0.3, -0.25) is 0 Å². The summed E-state index contributed by atoms with van der Waals surface area (Å²) in [6.07, 6.45) is 2.40. The van der Waals surface area contributed by atoms with Gasteiger partial charge in [0.1, 0.15) is 5.82 Å². The number of aromatic nitrogens is 4. The minimum absolute atomic E-state index is 0.417. The summed E-state index contributed by atoms with van der Waals surface area (Å²) in [6.45, 7) is 5.13. The van der Waals surface area contributed by atoms with Crippen LogP contribution in [0.4, 0.5) is 22.1 Å². The Morgan fingerprint density at radius 1 is 1.00 bits per heavy atom. The summed E-state index contributed by atoms with van der Waals surface area (Å²) in [6, 6.07) is 2.00. The van der Waals surface area contributed by atoms with E-state index < -0.39 is 5.82 Å². The minimum atomic E-state index is -0.417. The van der Waals surface area contributed by atoms with E-state index in [-0.39, 0.29) is 0 Å². The summed E-state index contributed by atoms with van der Waals surface area (Å²) in [5, 5.41) is 0. The maximum Gasteiger partial charge on any atom is 0.226 e. The van der Waals surface area contributed by atoms with Crippen molar-refractivity contribution in [3.63, 3.8) is 0 Å². The first kappa shape index (κ1) is 15.4. The predicted molar refractivity (Wildman–Crippen MR) is 87.5 cm³/mol. The molecule has 122 valence electrons. The Morgan fingerprint density at radius 3 is 2.22 bits per heavy atom. The van der Waals surface area contributed by atoms with Crippen LogP contribution >= 0.6 is 0 Å². The molecule has 2 aromatic heterocycles. The highest BCUT2D eigenvalue weighted by Crippen LogP contribution is 2.19. The monoisotopic (exact) mass is 317 g/mol. The molecule has 1 aliphatic heterocycles. The minimum Gasteiger partial charge on any atom is -0.353 e. The molecule has 0 aromatic carbocycles. The van der Waals surface area contributed by atoms with Gasteiger partial charge in [-0.15, -0.1) is 0 Å². The normalized spacial score (nSPS) is 15.0. The lowest BCUT2D eigenvalue weighted by Gasteiger charge is -2.35. The zero-order valence-corrected chi connectivity index (χ0v) is 13.6. The zero-order chi connectivity index (χ0) is 16.4. The summed E-state index contributed by atoms with van der Waals surface area (Å²) < 4.78 is 12.9. The molecule has 0 radical (unpaired) electrons. The van der Waals surface area contributed by atoms with Crippen LogP contribution in [0, 0.1) is 12.7 Å². The molecule has 0 aliphatic carbocycles. The van der Waals surface area contributed by atoms with Gasteiger partial charge < -0.3 is 14.7 Å². The fraction of sp³-hybridized carbons (Fsp3) is 0.467. The van der Waals surface area contributed by atoms with Crippen LogP contribution in [0.3, 0.4) is 0 Å². The Labute approximate surface area is 134 Å². The topological polar surface area (TPSA) is 61.3 Å². The third kappa shape index (κ3) is 3.46. The van der Waals surface area contributed by atoms with E-state index in [4.69, 9.17) is 0 Å². The second-order valence-corrected chi connectivity index (χ2v) is 5.74. The fourth-order valence-corrected chi connectivity index (χ4v) is 2.50. The van der Waals surface area contributed by atoms with Gasteiger partial charge in [0, 0.05) is 52.0 Å². The molecule has 1 fully saturated rings. The maximum atomic E-state index is 12.9. The van der Waals surface area contributed by atoms with E-state index in [2.05, 4.69) is 29.7 Å². The number of anilines is 3. The summed E-state index contributed by atoms with van der Waals surface area (Å²) in [5.41, 5.74) is 0.947. The Balaban J connectivity index is 1.70. The van der Waals surface area contributed by atoms with Gasteiger partial charge in [-0.2, -0.15) is 4.98 Å². The molecule has 0 bridgehead atoms. The van der Waals surface area contributed by atoms with Gasteiger partial charge in [-0.05, 0) is 6.92 Å². The molecule has 0 amide bonds. The van der Waals surface area contributed by atoms with Crippen LogP contribution in [-0.4, -0.2) is 60.2 Å². The van der Waals surface area contributed by atoms with Crippen molar-refractivity contribution in [1.82, 2.24) is 19.9 Å². The zero-order valence-electron chi connectivity index (χ0n) is 13.6. The second-order valence-electron chi connectivity index (χ2n) is 5.74. The van der Waals surface area contributed by atoms with E-state index in [0.29, 0.717) is 11.9 Å². The molecule has 3 heterocycles. The molecule has 2 aromatic rings. The average molecular weight is 317 g/mol. The van der Waals surface area contributed by atoms with Crippen molar-refractivity contribution in [2.24, 2.45) is 0 Å². The van der Waals surface area contributed by atoms with Gasteiger partial charge >= 0.3 is 0 Å². The van der Waals surface area contributed by atoms with Crippen molar-refractivity contribution in [1.29, 1.82) is 0 Å². The predicted octanol–water partition coefficient (Wildman–Crippen LogP) is 1.11. The maximum absolute atomic E-state index is 12.9. The number of halogens is 1. The van der Waals surface area contributed by atoms with Gasteiger partial charge in [-0.1, -0.05) is 0 Å². The van der Waals surface area contributed by atoms with Gasteiger partial charge in [0.2, 0.25) is 11.9 Å². The number of nitrogens with zero attached hydrogens (tertiary/aromatic N) is 7. The number of aryl methyl sites for hydroxylation is 1. The number of rotatable bonds is 3. The highest BCUT2D eigenvalue weighted by atomic mass is 19.1. The Morgan fingerprint density at radius 2 is 1.61 bits per heavy atom. The molecule has 0 N–H and O–H groups in total. The van der Waals surface area contributed by atoms with Crippen LogP contribution in [0.5, 0.6) is 0 Å². The lowest BCUT2D eigenvalue weighted by Crippen LogP contribution is -2.47. The van der Waals surface area contributed by atoms with Crippen molar-refractivity contribution in [3.8, 4) is 0 Å². The molecular formula is C15H20FN7. The van der Waals surface area contributed by atoms with Crippen LogP contribution in [-0.2, 0) is 0 Å². The van der Waals surface area contributed by atoms with Crippen LogP contribution in [0.15, 0.2) is 18.5 Å². The van der Waals surface area contributed by atoms with Gasteiger partial charge in [0.05, 0.1) is 12.4 Å². The molecule has 0 unspecified atom stereocenters. The molecular weight excluding hydrogens is 297 g/mol. The van der Waals surface area contributed by atoms with Crippen molar-refractivity contribution >= 4 is 17.7 Å². The van der Waals surface area contributed by atoms with Crippen LogP contribution in [0.2, 0.25) is 0 Å². The first-order valence-corrected chi connectivity index (χ1v) is 7.53. The lowest BCUT2D eigenvalue weighted by atomic mass is 10.3. The molecule has 3 rings (SSSR count). The Bertz CT molecular complexity index is 666. The van der Waals surface area contributed by atoms with Crippen molar-refractivity contribution in [2.45, 2.75) is 6.92 Å². The second kappa shape index (κ2) is 6.31. The largest absolute Gasteiger partial charge is 0.353 e. The number of hydrogen-bond acceptors (Lipinski definition) is 7. The summed E-state index contributed by atoms with van der Waals surface area (Å²) >= 11 is 0. The molecule has 8 heteroatoms. The van der Waals surface area contributed by atoms with E-state index in [1.807, 2.05) is 32.0 Å². The average Bonchev–Trinajstić information content (AvgIpc) is 2.55. The molecule has 1 saturated heterocycles. The van der Waals surface area contributed by atoms with E-state index in [1.54, 1.807) is 0 Å². The lowest BCUT2D eigenvalue weighted by molar-refractivity contribution is 0.601. The standard InChI is InChI=1S/C15H20FN7/c1-11-8-13(20-15(19-11)21(2)3)22-4-6-23(7-5-22)14-17-9-12(16)10-18-14/h8-10H,4-7H2,1-3H3. The third-order valence-electron chi connectivity index (χ3n) is 3.72. The van der Waals surface area contributed by atoms with E-state index in [1.165, 1.54) is 12.4 Å². The van der Waals surface area contributed by atoms with Crippen LogP contribution in [0.1, 0.15) is 5.69 Å². The molecule has 7 nitrogen and oxygen atoms in total. The summed E-state index contributed by atoms with van der Waals surface area (Å²) in [4.78, 5) is 23.3. The third-order valence-corrected chi connectivity index (χ3v) is 3.72. The molecule has 0 atom stereocenters. The van der Waals surface area contributed by atoms with Crippen molar-refractivity contribution in [2.75, 3.05) is 55.0 Å². The van der Waals surface area contributed by atoms with E-state index in [9.17, 15) is 4.39 Å². The molecule has 23 heavy (non-hydrogen) atoms. The number of piperazine rings is 1. The van der Waals surface area contributed by atoms with E-state index in [0.717, 1.165) is 37.7 Å². The van der Waals surface area contributed by atoms with Crippen LogP contribution in [0.25, 0.3) is 0 Å². The Hall–Kier alpha value is -2.51. The van der Waals surface area contributed by atoms with Crippen LogP contribution < -0.4 is 14.7 Å². The smallest absolute Gasteiger partial charge is 0.226 e.